The van der Waals surface area contributed by atoms with E-state index in [9.17, 15) is 14.4 Å². The number of carbonyl (C=O) groups excluding carboxylic acids is 3. The standard InChI is InChI=1S/C27H47N5O3/c1-20(2)24(30-26(34)23-14-10-13-18-32(23)21(3)4)27(35)31(6)19-15-22(5)25(33)29-17-12-9-7-8-11-16-28/h15,20-21,23-24H,7-14,17-19H2,1-6H3,(H,29,33)(H,30,34)/b22-15+. The van der Waals surface area contributed by atoms with Crippen LogP contribution in [0.4, 0.5) is 0 Å². The minimum atomic E-state index is -0.605. The average molecular weight is 490 g/mol. The van der Waals surface area contributed by atoms with Crippen molar-refractivity contribution >= 4 is 17.7 Å². The molecule has 3 amide bonds. The maximum absolute atomic E-state index is 13.2. The van der Waals surface area contributed by atoms with Gasteiger partial charge in [-0.1, -0.05) is 39.2 Å². The molecule has 8 heteroatoms. The summed E-state index contributed by atoms with van der Waals surface area (Å²) in [5.41, 5.74) is 0.564. The second-order valence-corrected chi connectivity index (χ2v) is 10.3. The number of nitriles is 1. The zero-order chi connectivity index (χ0) is 26.4. The Kier molecular flexibility index (Phi) is 14.3. The van der Waals surface area contributed by atoms with Crippen molar-refractivity contribution in [3.8, 4) is 6.07 Å². The number of piperidine rings is 1. The van der Waals surface area contributed by atoms with Gasteiger partial charge in [-0.25, -0.2) is 0 Å². The molecule has 0 aliphatic carbocycles. The summed E-state index contributed by atoms with van der Waals surface area (Å²) in [4.78, 5) is 42.4. The highest BCUT2D eigenvalue weighted by molar-refractivity contribution is 5.93. The Hall–Kier alpha value is -2.40. The van der Waals surface area contributed by atoms with Crippen molar-refractivity contribution in [1.82, 2.24) is 20.4 Å². The number of amides is 3. The number of nitrogens with zero attached hydrogens (tertiary/aromatic N) is 3. The second-order valence-electron chi connectivity index (χ2n) is 10.3. The molecule has 1 rings (SSSR count). The van der Waals surface area contributed by atoms with Crippen LogP contribution in [0.3, 0.4) is 0 Å². The normalized spacial score (nSPS) is 17.7. The van der Waals surface area contributed by atoms with Gasteiger partial charge in [-0.2, -0.15) is 5.26 Å². The highest BCUT2D eigenvalue weighted by Gasteiger charge is 2.34. The molecular weight excluding hydrogens is 442 g/mol. The number of rotatable bonds is 14. The molecule has 0 saturated carbocycles. The monoisotopic (exact) mass is 489 g/mol. The first-order chi connectivity index (χ1) is 16.6. The van der Waals surface area contributed by atoms with E-state index in [4.69, 9.17) is 5.26 Å². The quantitative estimate of drug-likeness (QED) is 0.287. The smallest absolute Gasteiger partial charge is 0.246 e. The van der Waals surface area contributed by atoms with E-state index < -0.39 is 6.04 Å². The summed E-state index contributed by atoms with van der Waals surface area (Å²) in [7, 11) is 1.70. The zero-order valence-corrected chi connectivity index (χ0v) is 22.7. The summed E-state index contributed by atoms with van der Waals surface area (Å²) >= 11 is 0. The van der Waals surface area contributed by atoms with Crippen LogP contribution in [0.25, 0.3) is 0 Å². The molecular formula is C27H47N5O3. The number of nitrogens with one attached hydrogen (secondary N) is 2. The first-order valence-electron chi connectivity index (χ1n) is 13.2. The van der Waals surface area contributed by atoms with E-state index in [1.807, 2.05) is 13.8 Å². The molecule has 0 radical (unpaired) electrons. The number of unbranched alkanes of at least 4 members (excludes halogenated alkanes) is 4. The molecule has 1 fully saturated rings. The van der Waals surface area contributed by atoms with Gasteiger partial charge in [0.2, 0.25) is 17.7 Å². The van der Waals surface area contributed by atoms with Crippen LogP contribution in [0.2, 0.25) is 0 Å². The molecule has 0 spiro atoms. The van der Waals surface area contributed by atoms with Crippen LogP contribution in [0.5, 0.6) is 0 Å². The van der Waals surface area contributed by atoms with Gasteiger partial charge < -0.3 is 15.5 Å². The lowest BCUT2D eigenvalue weighted by Gasteiger charge is -2.38. The number of likely N-dealkylation sites (N-methyl/N-ethyl adjacent to an activating group) is 1. The van der Waals surface area contributed by atoms with E-state index in [0.717, 1.165) is 51.5 Å². The highest BCUT2D eigenvalue weighted by atomic mass is 16.2. The van der Waals surface area contributed by atoms with Gasteiger partial charge in [-0.3, -0.25) is 19.3 Å². The summed E-state index contributed by atoms with van der Waals surface area (Å²) in [6.45, 7) is 11.6. The Labute approximate surface area is 212 Å². The van der Waals surface area contributed by atoms with Gasteiger partial charge in [-0.15, -0.1) is 0 Å². The van der Waals surface area contributed by atoms with Crippen molar-refractivity contribution in [1.29, 1.82) is 5.26 Å². The van der Waals surface area contributed by atoms with Crippen molar-refractivity contribution in [2.45, 2.75) is 104 Å². The molecule has 0 aromatic carbocycles. The molecule has 2 atom stereocenters. The fourth-order valence-electron chi connectivity index (χ4n) is 4.33. The van der Waals surface area contributed by atoms with Crippen LogP contribution in [-0.4, -0.2) is 72.3 Å². The fraction of sp³-hybridized carbons (Fsp3) is 0.778. The summed E-state index contributed by atoms with van der Waals surface area (Å²) in [5, 5.41) is 14.5. The van der Waals surface area contributed by atoms with Crippen LogP contribution in [0.1, 0.15) is 86.0 Å². The molecule has 1 saturated heterocycles. The zero-order valence-electron chi connectivity index (χ0n) is 22.7. The van der Waals surface area contributed by atoms with Crippen molar-refractivity contribution in [2.24, 2.45) is 5.92 Å². The number of hydrogen-bond donors (Lipinski definition) is 2. The van der Waals surface area contributed by atoms with Crippen LogP contribution in [-0.2, 0) is 14.4 Å². The molecule has 1 aliphatic rings. The van der Waals surface area contributed by atoms with E-state index >= 15 is 0 Å². The summed E-state index contributed by atoms with van der Waals surface area (Å²) in [6, 6.07) is 1.62. The van der Waals surface area contributed by atoms with Crippen LogP contribution >= 0.6 is 0 Å². The molecule has 35 heavy (non-hydrogen) atoms. The Bertz CT molecular complexity index is 756. The molecule has 0 bridgehead atoms. The molecule has 1 aliphatic heterocycles. The topological polar surface area (TPSA) is 106 Å². The predicted octanol–water partition coefficient (Wildman–Crippen LogP) is 3.39. The van der Waals surface area contributed by atoms with E-state index in [1.165, 1.54) is 0 Å². The minimum absolute atomic E-state index is 0.0495. The van der Waals surface area contributed by atoms with E-state index in [1.54, 1.807) is 24.9 Å². The lowest BCUT2D eigenvalue weighted by atomic mass is 9.97. The number of likely N-dealkylation sites (tertiary alicyclic amines) is 1. The average Bonchev–Trinajstić information content (AvgIpc) is 2.83. The number of hydrogen-bond acceptors (Lipinski definition) is 5. The van der Waals surface area contributed by atoms with Gasteiger partial charge in [0, 0.05) is 38.2 Å². The molecule has 2 N–H and O–H groups in total. The second kappa shape index (κ2) is 16.3. The fourth-order valence-corrected chi connectivity index (χ4v) is 4.33. The van der Waals surface area contributed by atoms with E-state index in [0.29, 0.717) is 25.1 Å². The predicted molar refractivity (Wildman–Crippen MR) is 139 cm³/mol. The largest absolute Gasteiger partial charge is 0.352 e. The van der Waals surface area contributed by atoms with Crippen molar-refractivity contribution in [2.75, 3.05) is 26.7 Å². The van der Waals surface area contributed by atoms with Crippen molar-refractivity contribution < 1.29 is 14.4 Å². The molecule has 2 unspecified atom stereocenters. The molecule has 1 heterocycles. The SMILES string of the molecule is C/C(=C\CN(C)C(=O)C(NC(=O)C1CCCCN1C(C)C)C(C)C)C(=O)NCCCCCCC#N. The minimum Gasteiger partial charge on any atom is -0.352 e. The van der Waals surface area contributed by atoms with Gasteiger partial charge in [0.1, 0.15) is 6.04 Å². The van der Waals surface area contributed by atoms with Crippen LogP contribution < -0.4 is 10.6 Å². The Morgan fingerprint density at radius 1 is 1.11 bits per heavy atom. The molecule has 198 valence electrons. The van der Waals surface area contributed by atoms with E-state index in [2.05, 4.69) is 35.5 Å². The van der Waals surface area contributed by atoms with E-state index in [-0.39, 0.29) is 35.7 Å². The maximum atomic E-state index is 13.2. The van der Waals surface area contributed by atoms with Gasteiger partial charge >= 0.3 is 0 Å². The van der Waals surface area contributed by atoms with Gasteiger partial charge in [0.15, 0.2) is 0 Å². The summed E-state index contributed by atoms with van der Waals surface area (Å²) < 4.78 is 0. The lowest BCUT2D eigenvalue weighted by Crippen LogP contribution is -2.57. The van der Waals surface area contributed by atoms with Crippen molar-refractivity contribution in [3.05, 3.63) is 11.6 Å². The Balaban J connectivity index is 2.59. The highest BCUT2D eigenvalue weighted by Crippen LogP contribution is 2.20. The van der Waals surface area contributed by atoms with Crippen LogP contribution in [0.15, 0.2) is 11.6 Å². The summed E-state index contributed by atoms with van der Waals surface area (Å²) in [5.74, 6) is -0.408. The Morgan fingerprint density at radius 2 is 1.80 bits per heavy atom. The Morgan fingerprint density at radius 3 is 2.43 bits per heavy atom. The first-order valence-corrected chi connectivity index (χ1v) is 13.2. The third-order valence-electron chi connectivity index (χ3n) is 6.65. The van der Waals surface area contributed by atoms with Gasteiger partial charge in [-0.05, 0) is 58.9 Å². The molecule has 0 aromatic rings. The first kappa shape index (κ1) is 30.6. The maximum Gasteiger partial charge on any atom is 0.246 e. The molecule has 0 aromatic heterocycles. The molecule has 8 nitrogen and oxygen atoms in total. The third kappa shape index (κ3) is 10.8. The third-order valence-corrected chi connectivity index (χ3v) is 6.65. The van der Waals surface area contributed by atoms with Crippen LogP contribution in [0, 0.1) is 17.2 Å². The van der Waals surface area contributed by atoms with Gasteiger partial charge in [0.25, 0.3) is 0 Å². The van der Waals surface area contributed by atoms with Gasteiger partial charge in [0.05, 0.1) is 12.1 Å². The van der Waals surface area contributed by atoms with Crippen molar-refractivity contribution in [3.63, 3.8) is 0 Å². The lowest BCUT2D eigenvalue weighted by molar-refractivity contribution is -0.138. The summed E-state index contributed by atoms with van der Waals surface area (Å²) in [6.07, 6.45) is 9.03. The number of carbonyl (C=O) groups is 3.